The van der Waals surface area contributed by atoms with E-state index < -0.39 is 0 Å². The molecule has 1 fully saturated rings. The van der Waals surface area contributed by atoms with E-state index in [0.29, 0.717) is 6.04 Å². The highest BCUT2D eigenvalue weighted by atomic mass is 35.5. The van der Waals surface area contributed by atoms with Crippen LogP contribution in [0.3, 0.4) is 0 Å². The molecule has 0 saturated carbocycles. The summed E-state index contributed by atoms with van der Waals surface area (Å²) in [5.41, 5.74) is 1.02. The van der Waals surface area contributed by atoms with Gasteiger partial charge in [-0.05, 0) is 25.5 Å². The first-order valence-electron chi connectivity index (χ1n) is 4.62. The number of rotatable bonds is 2. The van der Waals surface area contributed by atoms with Crippen LogP contribution in [0.15, 0.2) is 12.1 Å². The molecule has 0 aromatic carbocycles. The van der Waals surface area contributed by atoms with E-state index >= 15 is 0 Å². The minimum absolute atomic E-state index is 0.504. The second-order valence-corrected chi connectivity index (χ2v) is 5.63. The number of thiophene rings is 1. The molecule has 0 radical (unpaired) electrons. The molecule has 0 spiro atoms. The summed E-state index contributed by atoms with van der Waals surface area (Å²) < 4.78 is 1.51. The Hall–Kier alpha value is -0.0200. The third kappa shape index (κ3) is 2.51. The van der Waals surface area contributed by atoms with E-state index in [-0.39, 0.29) is 0 Å². The van der Waals surface area contributed by atoms with Crippen molar-refractivity contribution in [2.45, 2.75) is 18.9 Å². The van der Waals surface area contributed by atoms with Gasteiger partial charge in [0.15, 0.2) is 0 Å². The molecule has 1 aliphatic rings. The lowest BCUT2D eigenvalue weighted by molar-refractivity contribution is 0.730. The number of hydrogen-bond donors (Lipinski definition) is 1. The summed E-state index contributed by atoms with van der Waals surface area (Å²) in [5.74, 6) is 0. The standard InChI is InChI=1S/C10H11Cl2NS/c11-9-6-7(10(12)14-9)3-4-8-2-1-5-13-8/h3-4,6,8,13H,1-2,5H2/b4-3+. The highest BCUT2D eigenvalue weighted by Crippen LogP contribution is 2.32. The van der Waals surface area contributed by atoms with Crippen molar-refractivity contribution >= 4 is 40.6 Å². The Kier molecular flexibility index (Phi) is 3.50. The summed E-state index contributed by atoms with van der Waals surface area (Å²) in [4.78, 5) is 0. The van der Waals surface area contributed by atoms with Gasteiger partial charge in [-0.3, -0.25) is 0 Å². The zero-order valence-electron chi connectivity index (χ0n) is 7.59. The summed E-state index contributed by atoms with van der Waals surface area (Å²) in [7, 11) is 0. The summed E-state index contributed by atoms with van der Waals surface area (Å²) in [5, 5.41) is 3.39. The molecule has 1 unspecified atom stereocenters. The first-order chi connectivity index (χ1) is 6.75. The van der Waals surface area contributed by atoms with Gasteiger partial charge in [-0.15, -0.1) is 11.3 Å². The lowest BCUT2D eigenvalue weighted by atomic mass is 10.2. The molecule has 1 saturated heterocycles. The average Bonchev–Trinajstić information content (AvgIpc) is 2.72. The van der Waals surface area contributed by atoms with Gasteiger partial charge < -0.3 is 5.32 Å². The van der Waals surface area contributed by atoms with E-state index in [1.807, 2.05) is 12.1 Å². The van der Waals surface area contributed by atoms with E-state index in [0.717, 1.165) is 20.8 Å². The molecular formula is C10H11Cl2NS. The largest absolute Gasteiger partial charge is 0.311 e. The van der Waals surface area contributed by atoms with Crippen molar-refractivity contribution in [3.05, 3.63) is 26.4 Å². The maximum Gasteiger partial charge on any atom is 0.102 e. The highest BCUT2D eigenvalue weighted by molar-refractivity contribution is 7.20. The average molecular weight is 248 g/mol. The lowest BCUT2D eigenvalue weighted by Gasteiger charge is -2.01. The minimum atomic E-state index is 0.504. The number of nitrogens with one attached hydrogen (secondary N) is 1. The molecule has 14 heavy (non-hydrogen) atoms. The van der Waals surface area contributed by atoms with Crippen molar-refractivity contribution < 1.29 is 0 Å². The molecule has 1 aromatic rings. The fourth-order valence-electron chi connectivity index (χ4n) is 1.56. The van der Waals surface area contributed by atoms with Crippen LogP contribution in [0.5, 0.6) is 0 Å². The first-order valence-corrected chi connectivity index (χ1v) is 6.19. The maximum atomic E-state index is 5.99. The molecule has 0 bridgehead atoms. The van der Waals surface area contributed by atoms with Crippen LogP contribution in [0.1, 0.15) is 18.4 Å². The molecule has 4 heteroatoms. The molecule has 1 aromatic heterocycles. The Morgan fingerprint density at radius 1 is 1.50 bits per heavy atom. The molecular weight excluding hydrogens is 237 g/mol. The molecule has 1 atom stereocenters. The van der Waals surface area contributed by atoms with Crippen LogP contribution in [0.4, 0.5) is 0 Å². The van der Waals surface area contributed by atoms with Gasteiger partial charge in [0, 0.05) is 11.6 Å². The Balaban J connectivity index is 2.05. The van der Waals surface area contributed by atoms with Crippen LogP contribution in [0, 0.1) is 0 Å². The molecule has 1 N–H and O–H groups in total. The van der Waals surface area contributed by atoms with Crippen LogP contribution in [-0.2, 0) is 0 Å². The van der Waals surface area contributed by atoms with Crippen LogP contribution in [0.2, 0.25) is 8.67 Å². The van der Waals surface area contributed by atoms with Crippen molar-refractivity contribution in [3.63, 3.8) is 0 Å². The molecule has 0 amide bonds. The highest BCUT2D eigenvalue weighted by Gasteiger charge is 2.10. The Bertz CT molecular complexity index is 340. The molecule has 0 aliphatic carbocycles. The van der Waals surface area contributed by atoms with Gasteiger partial charge in [0.25, 0.3) is 0 Å². The second kappa shape index (κ2) is 4.67. The molecule has 76 valence electrons. The summed E-state index contributed by atoms with van der Waals surface area (Å²) >= 11 is 13.2. The van der Waals surface area contributed by atoms with Crippen molar-refractivity contribution in [3.8, 4) is 0 Å². The normalized spacial score (nSPS) is 22.3. The minimum Gasteiger partial charge on any atom is -0.311 e. The molecule has 2 rings (SSSR count). The molecule has 1 aliphatic heterocycles. The third-order valence-corrected chi connectivity index (χ3v) is 3.81. The van der Waals surface area contributed by atoms with Crippen molar-refractivity contribution in [2.75, 3.05) is 6.54 Å². The van der Waals surface area contributed by atoms with E-state index in [4.69, 9.17) is 23.2 Å². The summed E-state index contributed by atoms with van der Waals surface area (Å²) in [6.07, 6.45) is 6.68. The molecule has 1 nitrogen and oxygen atoms in total. The van der Waals surface area contributed by atoms with Gasteiger partial charge in [0.05, 0.1) is 4.34 Å². The van der Waals surface area contributed by atoms with Crippen molar-refractivity contribution in [1.29, 1.82) is 0 Å². The summed E-state index contributed by atoms with van der Waals surface area (Å²) in [6.45, 7) is 1.12. The predicted molar refractivity (Wildman–Crippen MR) is 64.4 cm³/mol. The zero-order chi connectivity index (χ0) is 9.97. The first kappa shape index (κ1) is 10.5. The summed E-state index contributed by atoms with van der Waals surface area (Å²) in [6, 6.07) is 2.41. The fourth-order valence-corrected chi connectivity index (χ4v) is 3.00. The topological polar surface area (TPSA) is 12.0 Å². The van der Waals surface area contributed by atoms with E-state index in [2.05, 4.69) is 11.4 Å². The van der Waals surface area contributed by atoms with Gasteiger partial charge in [-0.25, -0.2) is 0 Å². The maximum absolute atomic E-state index is 5.99. The Labute approximate surface area is 97.7 Å². The quantitative estimate of drug-likeness (QED) is 0.838. The lowest BCUT2D eigenvalue weighted by Crippen LogP contribution is -2.17. The van der Waals surface area contributed by atoms with Gasteiger partial charge in [0.1, 0.15) is 4.34 Å². The van der Waals surface area contributed by atoms with Gasteiger partial charge in [0.2, 0.25) is 0 Å². The smallest absolute Gasteiger partial charge is 0.102 e. The zero-order valence-corrected chi connectivity index (χ0v) is 9.92. The number of hydrogen-bond acceptors (Lipinski definition) is 2. The third-order valence-electron chi connectivity index (χ3n) is 2.29. The Morgan fingerprint density at radius 2 is 2.36 bits per heavy atom. The van der Waals surface area contributed by atoms with Crippen molar-refractivity contribution in [2.24, 2.45) is 0 Å². The number of halogens is 2. The van der Waals surface area contributed by atoms with Crippen LogP contribution < -0.4 is 5.32 Å². The SMILES string of the molecule is Clc1cc(/C=C/C2CCCN2)c(Cl)s1. The second-order valence-electron chi connectivity index (χ2n) is 3.34. The molecule has 2 heterocycles. The van der Waals surface area contributed by atoms with Gasteiger partial charge in [-0.2, -0.15) is 0 Å². The van der Waals surface area contributed by atoms with Crippen LogP contribution >= 0.6 is 34.5 Å². The van der Waals surface area contributed by atoms with E-state index in [1.165, 1.54) is 24.2 Å². The fraction of sp³-hybridized carbons (Fsp3) is 0.400. The van der Waals surface area contributed by atoms with Crippen molar-refractivity contribution in [1.82, 2.24) is 5.32 Å². The van der Waals surface area contributed by atoms with Gasteiger partial charge >= 0.3 is 0 Å². The van der Waals surface area contributed by atoms with E-state index in [9.17, 15) is 0 Å². The van der Waals surface area contributed by atoms with Gasteiger partial charge in [-0.1, -0.05) is 35.4 Å². The predicted octanol–water partition coefficient (Wildman–Crippen LogP) is 3.82. The van der Waals surface area contributed by atoms with E-state index in [1.54, 1.807) is 0 Å². The van der Waals surface area contributed by atoms with Crippen LogP contribution in [-0.4, -0.2) is 12.6 Å². The Morgan fingerprint density at radius 3 is 2.93 bits per heavy atom. The van der Waals surface area contributed by atoms with Crippen LogP contribution in [0.25, 0.3) is 6.08 Å². The monoisotopic (exact) mass is 247 g/mol.